The van der Waals surface area contributed by atoms with E-state index in [0.717, 1.165) is 11.0 Å². The first-order valence-electron chi connectivity index (χ1n) is 5.97. The number of aryl methyl sites for hydroxylation is 2. The minimum atomic E-state index is -0.791. The van der Waals surface area contributed by atoms with Crippen LogP contribution in [0.3, 0.4) is 0 Å². The summed E-state index contributed by atoms with van der Waals surface area (Å²) >= 11 is 0. The van der Waals surface area contributed by atoms with E-state index in [9.17, 15) is 9.59 Å². The minimum absolute atomic E-state index is 0.0495. The van der Waals surface area contributed by atoms with Crippen LogP contribution in [0.4, 0.5) is 0 Å². The SMILES string of the molecule is Cn1c(=O)n(CCCCC(=O)O)c2ccccc21. The maximum Gasteiger partial charge on any atom is 0.328 e. The van der Waals surface area contributed by atoms with Gasteiger partial charge in [-0.25, -0.2) is 4.79 Å². The molecule has 0 bridgehead atoms. The highest BCUT2D eigenvalue weighted by molar-refractivity contribution is 5.75. The van der Waals surface area contributed by atoms with Gasteiger partial charge in [-0.05, 0) is 25.0 Å². The van der Waals surface area contributed by atoms with Crippen LogP contribution in [0, 0.1) is 0 Å². The molecule has 1 heterocycles. The smallest absolute Gasteiger partial charge is 0.328 e. The van der Waals surface area contributed by atoms with Gasteiger partial charge in [0, 0.05) is 20.0 Å². The van der Waals surface area contributed by atoms with Crippen LogP contribution in [0.2, 0.25) is 0 Å². The summed E-state index contributed by atoms with van der Waals surface area (Å²) < 4.78 is 3.32. The van der Waals surface area contributed by atoms with Gasteiger partial charge < -0.3 is 5.11 Å². The summed E-state index contributed by atoms with van der Waals surface area (Å²) in [6, 6.07) is 7.62. The molecule has 2 aromatic rings. The third kappa shape index (κ3) is 2.30. The molecule has 0 aliphatic heterocycles. The summed E-state index contributed by atoms with van der Waals surface area (Å²) in [4.78, 5) is 22.4. The van der Waals surface area contributed by atoms with Gasteiger partial charge in [0.2, 0.25) is 0 Å². The molecule has 0 saturated carbocycles. The predicted octanol–water partition coefficient (Wildman–Crippen LogP) is 1.59. The molecule has 96 valence electrons. The van der Waals surface area contributed by atoms with E-state index in [1.165, 1.54) is 0 Å². The molecule has 1 aromatic heterocycles. The number of para-hydroxylation sites is 2. The second-order valence-corrected chi connectivity index (χ2v) is 4.33. The molecule has 0 amide bonds. The molecule has 0 aliphatic carbocycles. The van der Waals surface area contributed by atoms with E-state index in [4.69, 9.17) is 5.11 Å². The van der Waals surface area contributed by atoms with Crippen LogP contribution in [-0.4, -0.2) is 20.2 Å². The van der Waals surface area contributed by atoms with Gasteiger partial charge in [-0.15, -0.1) is 0 Å². The number of aliphatic carboxylic acids is 1. The first-order valence-corrected chi connectivity index (χ1v) is 5.97. The lowest BCUT2D eigenvalue weighted by Crippen LogP contribution is -2.22. The lowest BCUT2D eigenvalue weighted by molar-refractivity contribution is -0.137. The summed E-state index contributed by atoms with van der Waals surface area (Å²) in [5.41, 5.74) is 1.76. The van der Waals surface area contributed by atoms with E-state index in [2.05, 4.69) is 0 Å². The fraction of sp³-hybridized carbons (Fsp3) is 0.385. The molecule has 1 aromatic carbocycles. The molecule has 0 saturated heterocycles. The molecule has 0 unspecified atom stereocenters. The summed E-state index contributed by atoms with van der Waals surface area (Å²) in [6.07, 6.45) is 1.44. The Morgan fingerprint density at radius 1 is 1.22 bits per heavy atom. The van der Waals surface area contributed by atoms with Crippen molar-refractivity contribution in [3.05, 3.63) is 34.7 Å². The van der Waals surface area contributed by atoms with Crippen molar-refractivity contribution in [3.63, 3.8) is 0 Å². The van der Waals surface area contributed by atoms with Crippen LogP contribution in [0.1, 0.15) is 19.3 Å². The first kappa shape index (κ1) is 12.4. The third-order valence-corrected chi connectivity index (χ3v) is 3.07. The third-order valence-electron chi connectivity index (χ3n) is 3.07. The van der Waals surface area contributed by atoms with E-state index < -0.39 is 5.97 Å². The maximum atomic E-state index is 12.0. The number of carbonyl (C=O) groups is 1. The van der Waals surface area contributed by atoms with Gasteiger partial charge in [-0.2, -0.15) is 0 Å². The highest BCUT2D eigenvalue weighted by Crippen LogP contribution is 2.12. The Bertz CT molecular complexity index is 625. The van der Waals surface area contributed by atoms with Gasteiger partial charge in [0.25, 0.3) is 0 Å². The van der Waals surface area contributed by atoms with E-state index in [1.54, 1.807) is 16.2 Å². The van der Waals surface area contributed by atoms with Crippen molar-refractivity contribution in [2.45, 2.75) is 25.8 Å². The number of carboxylic acids is 1. The molecule has 18 heavy (non-hydrogen) atoms. The van der Waals surface area contributed by atoms with Crippen molar-refractivity contribution in [2.24, 2.45) is 7.05 Å². The molecule has 0 spiro atoms. The Kier molecular flexibility index (Phi) is 3.50. The van der Waals surface area contributed by atoms with Crippen LogP contribution in [-0.2, 0) is 18.4 Å². The molecule has 0 atom stereocenters. The Hall–Kier alpha value is -2.04. The van der Waals surface area contributed by atoms with Crippen LogP contribution in [0.5, 0.6) is 0 Å². The normalized spacial score (nSPS) is 10.9. The van der Waals surface area contributed by atoms with Crippen LogP contribution >= 0.6 is 0 Å². The highest BCUT2D eigenvalue weighted by Gasteiger charge is 2.09. The number of nitrogens with zero attached hydrogens (tertiary/aromatic N) is 2. The zero-order valence-corrected chi connectivity index (χ0v) is 10.3. The van der Waals surface area contributed by atoms with Crippen LogP contribution < -0.4 is 5.69 Å². The van der Waals surface area contributed by atoms with Gasteiger partial charge in [0.05, 0.1) is 11.0 Å². The number of hydrogen-bond donors (Lipinski definition) is 1. The zero-order chi connectivity index (χ0) is 13.1. The second-order valence-electron chi connectivity index (χ2n) is 4.33. The van der Waals surface area contributed by atoms with Crippen LogP contribution in [0.15, 0.2) is 29.1 Å². The molecule has 5 nitrogen and oxygen atoms in total. The number of imidazole rings is 1. The van der Waals surface area contributed by atoms with Crippen molar-refractivity contribution < 1.29 is 9.90 Å². The minimum Gasteiger partial charge on any atom is -0.481 e. The molecule has 2 rings (SSSR count). The molecular formula is C13H16N2O3. The Morgan fingerprint density at radius 3 is 2.56 bits per heavy atom. The largest absolute Gasteiger partial charge is 0.481 e. The van der Waals surface area contributed by atoms with Gasteiger partial charge in [-0.3, -0.25) is 13.9 Å². The molecule has 0 fully saturated rings. The molecular weight excluding hydrogens is 232 g/mol. The van der Waals surface area contributed by atoms with E-state index in [0.29, 0.717) is 19.4 Å². The van der Waals surface area contributed by atoms with Crippen molar-refractivity contribution in [1.82, 2.24) is 9.13 Å². The summed E-state index contributed by atoms with van der Waals surface area (Å²) in [7, 11) is 1.75. The fourth-order valence-electron chi connectivity index (χ4n) is 2.13. The van der Waals surface area contributed by atoms with Crippen molar-refractivity contribution in [1.29, 1.82) is 0 Å². The Labute approximate surface area is 104 Å². The number of aromatic nitrogens is 2. The highest BCUT2D eigenvalue weighted by atomic mass is 16.4. The number of benzene rings is 1. The summed E-state index contributed by atoms with van der Waals surface area (Å²) in [5, 5.41) is 8.57. The van der Waals surface area contributed by atoms with E-state index >= 15 is 0 Å². The average Bonchev–Trinajstić information content (AvgIpc) is 2.59. The van der Waals surface area contributed by atoms with Crippen molar-refractivity contribution in [2.75, 3.05) is 0 Å². The van der Waals surface area contributed by atoms with Gasteiger partial charge >= 0.3 is 11.7 Å². The summed E-state index contributed by atoms with van der Waals surface area (Å²) in [6.45, 7) is 0.563. The lowest BCUT2D eigenvalue weighted by Gasteiger charge is -2.01. The molecule has 0 radical (unpaired) electrons. The van der Waals surface area contributed by atoms with Gasteiger partial charge in [0.15, 0.2) is 0 Å². The monoisotopic (exact) mass is 248 g/mol. The van der Waals surface area contributed by atoms with E-state index in [1.807, 2.05) is 24.3 Å². The standard InChI is InChI=1S/C13H16N2O3/c1-14-10-6-2-3-7-11(10)15(13(14)18)9-5-4-8-12(16)17/h2-3,6-7H,4-5,8-9H2,1H3,(H,16,17). The van der Waals surface area contributed by atoms with E-state index in [-0.39, 0.29) is 12.1 Å². The lowest BCUT2D eigenvalue weighted by atomic mass is 10.2. The number of hydrogen-bond acceptors (Lipinski definition) is 2. The first-order chi connectivity index (χ1) is 8.61. The zero-order valence-electron chi connectivity index (χ0n) is 10.3. The number of rotatable bonds is 5. The van der Waals surface area contributed by atoms with Gasteiger partial charge in [0.1, 0.15) is 0 Å². The molecule has 1 N–H and O–H groups in total. The number of carboxylic acid groups (broad SMARTS) is 1. The van der Waals surface area contributed by atoms with Crippen molar-refractivity contribution in [3.8, 4) is 0 Å². The fourth-order valence-corrected chi connectivity index (χ4v) is 2.13. The number of unbranched alkanes of at least 4 members (excludes halogenated alkanes) is 1. The predicted molar refractivity (Wildman–Crippen MR) is 68.7 cm³/mol. The molecule has 5 heteroatoms. The second kappa shape index (κ2) is 5.08. The van der Waals surface area contributed by atoms with Crippen LogP contribution in [0.25, 0.3) is 11.0 Å². The summed E-state index contributed by atoms with van der Waals surface area (Å²) in [5.74, 6) is -0.791. The van der Waals surface area contributed by atoms with Gasteiger partial charge in [-0.1, -0.05) is 12.1 Å². The topological polar surface area (TPSA) is 64.2 Å². The maximum absolute atomic E-state index is 12.0. The average molecular weight is 248 g/mol. The Morgan fingerprint density at radius 2 is 1.89 bits per heavy atom. The Balaban J connectivity index is 2.20. The molecule has 0 aliphatic rings. The number of fused-ring (bicyclic) bond motifs is 1. The van der Waals surface area contributed by atoms with Crippen molar-refractivity contribution >= 4 is 17.0 Å². The quantitative estimate of drug-likeness (QED) is 0.817.